The second-order valence-electron chi connectivity index (χ2n) is 7.07. The number of piperidine rings is 1. The molecule has 1 aromatic carbocycles. The van der Waals surface area contributed by atoms with Crippen LogP contribution in [-0.2, 0) is 9.59 Å². The van der Waals surface area contributed by atoms with Crippen molar-refractivity contribution in [2.75, 3.05) is 33.8 Å². The van der Waals surface area contributed by atoms with E-state index < -0.39 is 6.04 Å². The van der Waals surface area contributed by atoms with E-state index in [9.17, 15) is 9.59 Å². The molecule has 0 radical (unpaired) electrons. The molecule has 2 heterocycles. The van der Waals surface area contributed by atoms with Crippen LogP contribution in [0.4, 0.5) is 0 Å². The molecule has 0 aromatic heterocycles. The summed E-state index contributed by atoms with van der Waals surface area (Å²) in [4.78, 5) is 29.8. The molecular weight excluding hydrogens is 330 g/mol. The van der Waals surface area contributed by atoms with Crippen LogP contribution in [0.5, 0.6) is 5.75 Å². The molecule has 0 bridgehead atoms. The molecule has 142 valence electrons. The summed E-state index contributed by atoms with van der Waals surface area (Å²) >= 11 is 0. The number of hydrogen-bond acceptors (Lipinski definition) is 4. The van der Waals surface area contributed by atoms with Crippen LogP contribution in [0.15, 0.2) is 24.3 Å². The highest BCUT2D eigenvalue weighted by molar-refractivity contribution is 5.86. The van der Waals surface area contributed by atoms with Gasteiger partial charge in [-0.3, -0.25) is 14.5 Å². The molecule has 2 amide bonds. The van der Waals surface area contributed by atoms with Gasteiger partial charge in [0.2, 0.25) is 11.8 Å². The van der Waals surface area contributed by atoms with E-state index in [1.54, 1.807) is 14.2 Å². The minimum Gasteiger partial charge on any atom is -0.497 e. The summed E-state index contributed by atoms with van der Waals surface area (Å²) in [6.07, 6.45) is 5.11. The molecule has 0 spiro atoms. The van der Waals surface area contributed by atoms with Gasteiger partial charge < -0.3 is 15.0 Å². The van der Waals surface area contributed by atoms with Crippen molar-refractivity contribution in [3.05, 3.63) is 29.8 Å². The Morgan fingerprint density at radius 1 is 1.08 bits per heavy atom. The standard InChI is InChI=1S/C20H29N3O3/c1-21-19(24)18(15-8-10-16(26-2)11-9-15)23-14-6-7-17(23)20(25)22-12-4-3-5-13-22/h8-11,17-18H,3-7,12-14H2,1-2H3,(H,21,24). The van der Waals surface area contributed by atoms with Crippen LogP contribution < -0.4 is 10.1 Å². The van der Waals surface area contributed by atoms with Crippen molar-refractivity contribution in [1.29, 1.82) is 0 Å². The lowest BCUT2D eigenvalue weighted by atomic mass is 10.0. The van der Waals surface area contributed by atoms with E-state index in [4.69, 9.17) is 4.74 Å². The van der Waals surface area contributed by atoms with Crippen molar-refractivity contribution in [3.8, 4) is 5.75 Å². The van der Waals surface area contributed by atoms with Crippen LogP contribution in [0.3, 0.4) is 0 Å². The van der Waals surface area contributed by atoms with E-state index >= 15 is 0 Å². The van der Waals surface area contributed by atoms with E-state index in [1.807, 2.05) is 29.2 Å². The molecule has 26 heavy (non-hydrogen) atoms. The fourth-order valence-corrected chi connectivity index (χ4v) is 4.10. The normalized spacial score (nSPS) is 22.1. The Morgan fingerprint density at radius 3 is 2.38 bits per heavy atom. The smallest absolute Gasteiger partial charge is 0.241 e. The van der Waals surface area contributed by atoms with Gasteiger partial charge in [-0.1, -0.05) is 12.1 Å². The van der Waals surface area contributed by atoms with Crippen LogP contribution in [-0.4, -0.2) is 61.4 Å². The first-order valence-corrected chi connectivity index (χ1v) is 9.55. The molecule has 2 unspecified atom stereocenters. The highest BCUT2D eigenvalue weighted by Crippen LogP contribution is 2.32. The molecule has 2 aliphatic rings. The highest BCUT2D eigenvalue weighted by atomic mass is 16.5. The van der Waals surface area contributed by atoms with E-state index in [1.165, 1.54) is 6.42 Å². The zero-order chi connectivity index (χ0) is 18.5. The molecule has 0 saturated carbocycles. The van der Waals surface area contributed by atoms with Crippen LogP contribution in [0.1, 0.15) is 43.7 Å². The fraction of sp³-hybridized carbons (Fsp3) is 0.600. The number of rotatable bonds is 5. The Kier molecular flexibility index (Phi) is 6.14. The van der Waals surface area contributed by atoms with Gasteiger partial charge in [0.05, 0.1) is 13.2 Å². The molecule has 6 nitrogen and oxygen atoms in total. The van der Waals surface area contributed by atoms with Gasteiger partial charge in [0, 0.05) is 26.7 Å². The number of methoxy groups -OCH3 is 1. The Hall–Kier alpha value is -2.08. The topological polar surface area (TPSA) is 61.9 Å². The number of carbonyl (C=O) groups is 2. The Labute approximate surface area is 155 Å². The van der Waals surface area contributed by atoms with Crippen LogP contribution in [0.2, 0.25) is 0 Å². The number of likely N-dealkylation sites (tertiary alicyclic amines) is 2. The van der Waals surface area contributed by atoms with Crippen molar-refractivity contribution in [2.24, 2.45) is 0 Å². The summed E-state index contributed by atoms with van der Waals surface area (Å²) in [6.45, 7) is 2.45. The fourth-order valence-electron chi connectivity index (χ4n) is 4.10. The number of benzene rings is 1. The number of carbonyl (C=O) groups excluding carboxylic acids is 2. The molecule has 2 atom stereocenters. The van der Waals surface area contributed by atoms with Crippen LogP contribution in [0, 0.1) is 0 Å². The largest absolute Gasteiger partial charge is 0.497 e. The second kappa shape index (κ2) is 8.54. The Balaban J connectivity index is 1.84. The molecule has 0 aliphatic carbocycles. The quantitative estimate of drug-likeness (QED) is 0.873. The van der Waals surface area contributed by atoms with E-state index in [2.05, 4.69) is 10.2 Å². The molecule has 3 rings (SSSR count). The minimum absolute atomic E-state index is 0.0755. The van der Waals surface area contributed by atoms with Gasteiger partial charge in [0.1, 0.15) is 11.8 Å². The predicted octanol–water partition coefficient (Wildman–Crippen LogP) is 1.96. The average molecular weight is 359 g/mol. The summed E-state index contributed by atoms with van der Waals surface area (Å²) in [5.41, 5.74) is 0.892. The number of nitrogens with zero attached hydrogens (tertiary/aromatic N) is 2. The summed E-state index contributed by atoms with van der Waals surface area (Å²) in [5.74, 6) is 0.866. The third-order valence-corrected chi connectivity index (χ3v) is 5.50. The van der Waals surface area contributed by atoms with E-state index in [0.29, 0.717) is 0 Å². The summed E-state index contributed by atoms with van der Waals surface area (Å²) < 4.78 is 5.22. The SMILES string of the molecule is CNC(=O)C(c1ccc(OC)cc1)N1CCCC1C(=O)N1CCCCC1. The van der Waals surface area contributed by atoms with E-state index in [-0.39, 0.29) is 17.9 Å². The van der Waals surface area contributed by atoms with Crippen molar-refractivity contribution in [1.82, 2.24) is 15.1 Å². The highest BCUT2D eigenvalue weighted by Gasteiger charge is 2.40. The van der Waals surface area contributed by atoms with Crippen LogP contribution >= 0.6 is 0 Å². The summed E-state index contributed by atoms with van der Waals surface area (Å²) in [7, 11) is 3.27. The molecule has 1 N–H and O–H groups in total. The molecule has 2 saturated heterocycles. The van der Waals surface area contributed by atoms with Gasteiger partial charge in [-0.05, 0) is 49.8 Å². The van der Waals surface area contributed by atoms with Crippen molar-refractivity contribution in [2.45, 2.75) is 44.2 Å². The maximum Gasteiger partial charge on any atom is 0.241 e. The zero-order valence-electron chi connectivity index (χ0n) is 15.7. The maximum atomic E-state index is 13.1. The monoisotopic (exact) mass is 359 g/mol. The van der Waals surface area contributed by atoms with Crippen molar-refractivity contribution >= 4 is 11.8 Å². The molecule has 2 fully saturated rings. The Morgan fingerprint density at radius 2 is 1.77 bits per heavy atom. The van der Waals surface area contributed by atoms with Gasteiger partial charge in [0.25, 0.3) is 0 Å². The molecule has 2 aliphatic heterocycles. The Bertz CT molecular complexity index is 626. The van der Waals surface area contributed by atoms with Crippen LogP contribution in [0.25, 0.3) is 0 Å². The lowest BCUT2D eigenvalue weighted by Crippen LogP contribution is -2.50. The average Bonchev–Trinajstić information content (AvgIpc) is 3.17. The summed E-state index contributed by atoms with van der Waals surface area (Å²) in [6, 6.07) is 6.90. The molecular formula is C20H29N3O3. The van der Waals surface area contributed by atoms with Crippen molar-refractivity contribution < 1.29 is 14.3 Å². The summed E-state index contributed by atoms with van der Waals surface area (Å²) in [5, 5.41) is 2.77. The first-order chi connectivity index (χ1) is 12.7. The molecule has 6 heteroatoms. The number of ether oxygens (including phenoxy) is 1. The van der Waals surface area contributed by atoms with Gasteiger partial charge in [-0.25, -0.2) is 0 Å². The second-order valence-corrected chi connectivity index (χ2v) is 7.07. The number of amides is 2. The lowest BCUT2D eigenvalue weighted by Gasteiger charge is -2.35. The van der Waals surface area contributed by atoms with Crippen molar-refractivity contribution in [3.63, 3.8) is 0 Å². The van der Waals surface area contributed by atoms with Gasteiger partial charge >= 0.3 is 0 Å². The lowest BCUT2D eigenvalue weighted by molar-refractivity contribution is -0.139. The number of likely N-dealkylation sites (N-methyl/N-ethyl adjacent to an activating group) is 1. The third kappa shape index (κ3) is 3.85. The first kappa shape index (κ1) is 18.7. The molecule has 1 aromatic rings. The van der Waals surface area contributed by atoms with Gasteiger partial charge in [-0.15, -0.1) is 0 Å². The minimum atomic E-state index is -0.452. The number of nitrogens with one attached hydrogen (secondary N) is 1. The van der Waals surface area contributed by atoms with Gasteiger partial charge in [0.15, 0.2) is 0 Å². The van der Waals surface area contributed by atoms with Gasteiger partial charge in [-0.2, -0.15) is 0 Å². The third-order valence-electron chi connectivity index (χ3n) is 5.50. The number of hydrogen-bond donors (Lipinski definition) is 1. The zero-order valence-corrected chi connectivity index (χ0v) is 15.7. The predicted molar refractivity (Wildman–Crippen MR) is 100.0 cm³/mol. The maximum absolute atomic E-state index is 13.1. The first-order valence-electron chi connectivity index (χ1n) is 9.55. The van der Waals surface area contributed by atoms with E-state index in [0.717, 1.165) is 56.6 Å².